The minimum absolute atomic E-state index is 0.0691. The Labute approximate surface area is 167 Å². The Bertz CT molecular complexity index is 1280. The van der Waals surface area contributed by atoms with Crippen molar-refractivity contribution in [2.24, 2.45) is 0 Å². The van der Waals surface area contributed by atoms with E-state index in [-0.39, 0.29) is 5.56 Å². The number of thiophene rings is 1. The molecule has 4 rings (SSSR count). The maximum Gasteiger partial charge on any atom is 0.275 e. The van der Waals surface area contributed by atoms with Crippen LogP contribution in [0.3, 0.4) is 0 Å². The number of nitrogens with zero attached hydrogens (tertiary/aromatic N) is 3. The minimum atomic E-state index is -0.0691. The molecule has 0 aliphatic carbocycles. The lowest BCUT2D eigenvalue weighted by Crippen LogP contribution is -2.28. The molecule has 1 aromatic carbocycles. The number of allylic oxidation sites excluding steroid dienone is 1. The molecule has 3 heterocycles. The molecular formula is C22H23N3O2S. The van der Waals surface area contributed by atoms with Crippen molar-refractivity contribution in [3.63, 3.8) is 0 Å². The molecule has 5 nitrogen and oxygen atoms in total. The fourth-order valence-electron chi connectivity index (χ4n) is 3.48. The quantitative estimate of drug-likeness (QED) is 0.686. The fourth-order valence-corrected chi connectivity index (χ4v) is 4.47. The van der Waals surface area contributed by atoms with E-state index in [0.717, 1.165) is 38.9 Å². The lowest BCUT2D eigenvalue weighted by molar-refractivity contribution is 0.357. The molecule has 0 spiro atoms. The third kappa shape index (κ3) is 3.03. The van der Waals surface area contributed by atoms with Crippen LogP contribution in [0.4, 0.5) is 0 Å². The van der Waals surface area contributed by atoms with E-state index in [1.165, 1.54) is 16.9 Å². The standard InChI is InChI=1S/C22H23N3O2S/c1-13(2)10-17(24(4)5)19-14(3)28-21-20(19)23-12-25(22(21)26)16-6-7-18-15(11-16)8-9-27-18/h6-7,10-12H,3,8-9H2,1-2,4-5H3/b19-17-. The largest absolute Gasteiger partial charge is 0.493 e. The molecule has 3 aromatic rings. The van der Waals surface area contributed by atoms with Crippen LogP contribution in [-0.4, -0.2) is 35.2 Å². The molecular weight excluding hydrogens is 370 g/mol. The van der Waals surface area contributed by atoms with Gasteiger partial charge in [0.2, 0.25) is 0 Å². The summed E-state index contributed by atoms with van der Waals surface area (Å²) in [5.41, 5.74) is 4.76. The van der Waals surface area contributed by atoms with Gasteiger partial charge in [-0.3, -0.25) is 9.36 Å². The zero-order chi connectivity index (χ0) is 20.0. The SMILES string of the molecule is C=c1sc2c(=O)n(-c3ccc4c(c3)CCO4)cnc2/c1=C(/C=C(C)C)N(C)C. The molecule has 0 saturated carbocycles. The van der Waals surface area contributed by atoms with E-state index in [1.54, 1.807) is 10.9 Å². The normalized spacial score (nSPS) is 13.9. The molecule has 0 unspecified atom stereocenters. The molecule has 0 amide bonds. The molecule has 0 atom stereocenters. The topological polar surface area (TPSA) is 47.4 Å². The summed E-state index contributed by atoms with van der Waals surface area (Å²) >= 11 is 1.40. The molecule has 0 N–H and O–H groups in total. The lowest BCUT2D eigenvalue weighted by Gasteiger charge is -2.14. The maximum absolute atomic E-state index is 13.2. The summed E-state index contributed by atoms with van der Waals surface area (Å²) < 4.78 is 8.65. The Hall–Kier alpha value is -2.86. The van der Waals surface area contributed by atoms with E-state index < -0.39 is 0 Å². The maximum atomic E-state index is 13.2. The summed E-state index contributed by atoms with van der Waals surface area (Å²) in [5, 5.41) is 0.929. The fraction of sp³-hybridized carbons (Fsp3) is 0.273. The second kappa shape index (κ2) is 6.95. The monoisotopic (exact) mass is 393 g/mol. The van der Waals surface area contributed by atoms with Gasteiger partial charge in [0.1, 0.15) is 16.8 Å². The number of ether oxygens (including phenoxy) is 1. The van der Waals surface area contributed by atoms with Crippen LogP contribution in [0, 0.1) is 0 Å². The second-order valence-corrected chi connectivity index (χ2v) is 8.49. The highest BCUT2D eigenvalue weighted by molar-refractivity contribution is 7.16. The van der Waals surface area contributed by atoms with Crippen LogP contribution in [0.2, 0.25) is 0 Å². The number of hydrogen-bond donors (Lipinski definition) is 0. The number of rotatable bonds is 3. The summed E-state index contributed by atoms with van der Waals surface area (Å²) in [4.78, 5) is 20.0. The van der Waals surface area contributed by atoms with Gasteiger partial charge < -0.3 is 9.64 Å². The van der Waals surface area contributed by atoms with Gasteiger partial charge in [0, 0.05) is 36.0 Å². The van der Waals surface area contributed by atoms with Crippen molar-refractivity contribution in [3.05, 3.63) is 61.8 Å². The number of benzene rings is 1. The van der Waals surface area contributed by atoms with Gasteiger partial charge in [-0.15, -0.1) is 11.3 Å². The minimum Gasteiger partial charge on any atom is -0.493 e. The van der Waals surface area contributed by atoms with Crippen molar-refractivity contribution in [2.75, 3.05) is 20.7 Å². The van der Waals surface area contributed by atoms with Gasteiger partial charge in [0.05, 0.1) is 17.8 Å². The van der Waals surface area contributed by atoms with Crippen LogP contribution in [0.5, 0.6) is 5.75 Å². The van der Waals surface area contributed by atoms with Crippen LogP contribution >= 0.6 is 11.3 Å². The van der Waals surface area contributed by atoms with E-state index in [2.05, 4.69) is 31.5 Å². The Morgan fingerprint density at radius 1 is 1.36 bits per heavy atom. The van der Waals surface area contributed by atoms with Crippen molar-refractivity contribution >= 4 is 33.8 Å². The van der Waals surface area contributed by atoms with Crippen molar-refractivity contribution < 1.29 is 4.74 Å². The highest BCUT2D eigenvalue weighted by atomic mass is 32.1. The zero-order valence-corrected chi connectivity index (χ0v) is 17.4. The van der Waals surface area contributed by atoms with Gasteiger partial charge >= 0.3 is 0 Å². The Morgan fingerprint density at radius 2 is 2.14 bits per heavy atom. The number of hydrogen-bond acceptors (Lipinski definition) is 5. The summed E-state index contributed by atoms with van der Waals surface area (Å²) in [6, 6.07) is 5.84. The molecule has 2 aromatic heterocycles. The van der Waals surface area contributed by atoms with Crippen molar-refractivity contribution in [3.8, 4) is 11.4 Å². The van der Waals surface area contributed by atoms with E-state index in [0.29, 0.717) is 16.8 Å². The van der Waals surface area contributed by atoms with Crippen LogP contribution in [0.25, 0.3) is 28.2 Å². The molecule has 6 heteroatoms. The van der Waals surface area contributed by atoms with E-state index in [4.69, 9.17) is 4.74 Å². The van der Waals surface area contributed by atoms with Gasteiger partial charge in [0.15, 0.2) is 0 Å². The Balaban J connectivity index is 1.99. The molecule has 0 radical (unpaired) electrons. The van der Waals surface area contributed by atoms with Crippen molar-refractivity contribution in [1.82, 2.24) is 14.5 Å². The Morgan fingerprint density at radius 3 is 2.86 bits per heavy atom. The average molecular weight is 394 g/mol. The second-order valence-electron chi connectivity index (χ2n) is 7.39. The van der Waals surface area contributed by atoms with Crippen LogP contribution in [0.15, 0.2) is 41.0 Å². The van der Waals surface area contributed by atoms with Crippen LogP contribution in [0.1, 0.15) is 19.4 Å². The molecule has 0 fully saturated rings. The highest BCUT2D eigenvalue weighted by Gasteiger charge is 2.16. The number of likely N-dealkylation sites (N-methyl/N-ethyl adjacent to an activating group) is 1. The number of fused-ring (bicyclic) bond motifs is 2. The predicted octanol–water partition coefficient (Wildman–Crippen LogP) is 2.43. The molecule has 28 heavy (non-hydrogen) atoms. The van der Waals surface area contributed by atoms with E-state index in [9.17, 15) is 4.79 Å². The average Bonchev–Trinajstić information content (AvgIpc) is 3.23. The first kappa shape index (κ1) is 18.5. The first-order valence-corrected chi connectivity index (χ1v) is 10.00. The third-order valence-electron chi connectivity index (χ3n) is 4.79. The molecule has 144 valence electrons. The van der Waals surface area contributed by atoms with Crippen molar-refractivity contribution in [2.45, 2.75) is 20.3 Å². The molecule has 1 aliphatic rings. The molecule has 0 saturated heterocycles. The Kier molecular flexibility index (Phi) is 4.59. The summed E-state index contributed by atoms with van der Waals surface area (Å²) in [5.74, 6) is 0.899. The first-order chi connectivity index (χ1) is 13.4. The first-order valence-electron chi connectivity index (χ1n) is 9.18. The van der Waals surface area contributed by atoms with Gasteiger partial charge in [0.25, 0.3) is 5.56 Å². The lowest BCUT2D eigenvalue weighted by atomic mass is 10.1. The summed E-state index contributed by atoms with van der Waals surface area (Å²) in [6.07, 6.45) is 4.58. The third-order valence-corrected chi connectivity index (χ3v) is 5.81. The molecule has 0 bridgehead atoms. The van der Waals surface area contributed by atoms with Crippen molar-refractivity contribution in [1.29, 1.82) is 0 Å². The zero-order valence-electron chi connectivity index (χ0n) is 16.6. The molecule has 1 aliphatic heterocycles. The van der Waals surface area contributed by atoms with Crippen LogP contribution in [-0.2, 0) is 6.42 Å². The summed E-state index contributed by atoms with van der Waals surface area (Å²) in [6.45, 7) is 9.00. The predicted molar refractivity (Wildman–Crippen MR) is 116 cm³/mol. The van der Waals surface area contributed by atoms with Gasteiger partial charge in [-0.25, -0.2) is 4.98 Å². The van der Waals surface area contributed by atoms with Gasteiger partial charge in [-0.05, 0) is 43.7 Å². The number of aromatic nitrogens is 2. The smallest absolute Gasteiger partial charge is 0.275 e. The summed E-state index contributed by atoms with van der Waals surface area (Å²) in [7, 11) is 3.98. The van der Waals surface area contributed by atoms with E-state index in [1.807, 2.05) is 37.2 Å². The van der Waals surface area contributed by atoms with E-state index >= 15 is 0 Å². The van der Waals surface area contributed by atoms with Crippen LogP contribution < -0.4 is 20.0 Å². The highest BCUT2D eigenvalue weighted by Crippen LogP contribution is 2.27. The van der Waals surface area contributed by atoms with Gasteiger partial charge in [-0.2, -0.15) is 0 Å². The van der Waals surface area contributed by atoms with Gasteiger partial charge in [-0.1, -0.05) is 12.2 Å².